The van der Waals surface area contributed by atoms with Gasteiger partial charge in [0.25, 0.3) is 0 Å². The van der Waals surface area contributed by atoms with Gasteiger partial charge in [0.2, 0.25) is 0 Å². The van der Waals surface area contributed by atoms with E-state index in [0.29, 0.717) is 12.0 Å². The summed E-state index contributed by atoms with van der Waals surface area (Å²) in [4.78, 5) is 0. The predicted octanol–water partition coefficient (Wildman–Crippen LogP) is 3.96. The minimum Gasteiger partial charge on any atom is -0.301 e. The zero-order valence-corrected chi connectivity index (χ0v) is 11.3. The Balaban J connectivity index is 1.86. The van der Waals surface area contributed by atoms with E-state index in [9.17, 15) is 0 Å². The molecule has 0 radical (unpaired) electrons. The van der Waals surface area contributed by atoms with Crippen molar-refractivity contribution in [1.29, 1.82) is 0 Å². The number of H-pyrrole nitrogens is 1. The van der Waals surface area contributed by atoms with Crippen LogP contribution in [0.4, 0.5) is 0 Å². The van der Waals surface area contributed by atoms with Gasteiger partial charge in [0.05, 0.1) is 0 Å². The standard InChI is InChI=1S/C13H21N3S/c1-9(10-5-3-2-4-6-10)16-12(11-7-8-11)14-15-13(16)17/h9-11H,2-8H2,1H3,(H,15,17). The van der Waals surface area contributed by atoms with E-state index in [0.717, 1.165) is 10.7 Å². The Kier molecular flexibility index (Phi) is 3.07. The number of hydrogen-bond acceptors (Lipinski definition) is 2. The molecule has 0 amide bonds. The first-order valence-corrected chi connectivity index (χ1v) is 7.35. The molecule has 1 aromatic heterocycles. The zero-order chi connectivity index (χ0) is 11.8. The summed E-state index contributed by atoms with van der Waals surface area (Å²) in [7, 11) is 0. The number of aromatic amines is 1. The molecule has 1 N–H and O–H groups in total. The second kappa shape index (κ2) is 4.56. The largest absolute Gasteiger partial charge is 0.301 e. The minimum absolute atomic E-state index is 0.525. The predicted molar refractivity (Wildman–Crippen MR) is 70.7 cm³/mol. The molecule has 0 aliphatic heterocycles. The van der Waals surface area contributed by atoms with Gasteiger partial charge in [-0.25, -0.2) is 0 Å². The van der Waals surface area contributed by atoms with Gasteiger partial charge >= 0.3 is 0 Å². The van der Waals surface area contributed by atoms with E-state index in [1.54, 1.807) is 0 Å². The Labute approximate surface area is 108 Å². The van der Waals surface area contributed by atoms with Crippen molar-refractivity contribution >= 4 is 12.2 Å². The molecule has 0 aromatic carbocycles. The van der Waals surface area contributed by atoms with Gasteiger partial charge in [0.1, 0.15) is 5.82 Å². The molecule has 2 aliphatic rings. The lowest BCUT2D eigenvalue weighted by molar-refractivity contribution is 0.258. The molecular formula is C13H21N3S. The lowest BCUT2D eigenvalue weighted by Crippen LogP contribution is -2.21. The van der Waals surface area contributed by atoms with E-state index in [4.69, 9.17) is 12.2 Å². The van der Waals surface area contributed by atoms with Crippen LogP contribution in [-0.4, -0.2) is 14.8 Å². The fraction of sp³-hybridized carbons (Fsp3) is 0.846. The number of nitrogens with one attached hydrogen (secondary N) is 1. The van der Waals surface area contributed by atoms with Crippen molar-refractivity contribution in [2.24, 2.45) is 5.92 Å². The van der Waals surface area contributed by atoms with Gasteiger partial charge in [-0.2, -0.15) is 5.10 Å². The highest BCUT2D eigenvalue weighted by Crippen LogP contribution is 2.41. The SMILES string of the molecule is CC(C1CCCCC1)n1c(C2CC2)n[nH]c1=S. The maximum atomic E-state index is 5.41. The van der Waals surface area contributed by atoms with Crippen molar-refractivity contribution in [3.05, 3.63) is 10.6 Å². The number of rotatable bonds is 3. The highest BCUT2D eigenvalue weighted by atomic mass is 32.1. The normalized spacial score (nSPS) is 23.8. The third kappa shape index (κ3) is 2.19. The molecule has 17 heavy (non-hydrogen) atoms. The molecule has 94 valence electrons. The Morgan fingerprint density at radius 1 is 1.24 bits per heavy atom. The van der Waals surface area contributed by atoms with E-state index in [-0.39, 0.29) is 0 Å². The second-order valence-electron chi connectivity index (χ2n) is 5.67. The highest BCUT2D eigenvalue weighted by Gasteiger charge is 2.32. The average molecular weight is 251 g/mol. The average Bonchev–Trinajstić information content (AvgIpc) is 3.13. The van der Waals surface area contributed by atoms with E-state index in [1.807, 2.05) is 0 Å². The monoisotopic (exact) mass is 251 g/mol. The van der Waals surface area contributed by atoms with Gasteiger partial charge in [0.15, 0.2) is 4.77 Å². The first-order valence-electron chi connectivity index (χ1n) is 6.94. The second-order valence-corrected chi connectivity index (χ2v) is 6.06. The molecule has 1 aromatic rings. The summed E-state index contributed by atoms with van der Waals surface area (Å²) in [6.07, 6.45) is 9.48. The van der Waals surface area contributed by atoms with Gasteiger partial charge in [-0.15, -0.1) is 0 Å². The van der Waals surface area contributed by atoms with Crippen molar-refractivity contribution in [3.8, 4) is 0 Å². The van der Waals surface area contributed by atoms with Crippen LogP contribution in [0.3, 0.4) is 0 Å². The quantitative estimate of drug-likeness (QED) is 0.825. The highest BCUT2D eigenvalue weighted by molar-refractivity contribution is 7.71. The van der Waals surface area contributed by atoms with Crippen LogP contribution < -0.4 is 0 Å². The first kappa shape index (κ1) is 11.5. The van der Waals surface area contributed by atoms with E-state index in [2.05, 4.69) is 21.7 Å². The molecule has 2 fully saturated rings. The smallest absolute Gasteiger partial charge is 0.195 e. The summed E-state index contributed by atoms with van der Waals surface area (Å²) < 4.78 is 3.13. The van der Waals surface area contributed by atoms with E-state index < -0.39 is 0 Å². The molecule has 0 spiro atoms. The van der Waals surface area contributed by atoms with Crippen LogP contribution in [0, 0.1) is 10.7 Å². The molecule has 2 saturated carbocycles. The molecule has 1 heterocycles. The lowest BCUT2D eigenvalue weighted by atomic mass is 9.84. The Hall–Kier alpha value is -0.640. The van der Waals surface area contributed by atoms with Gasteiger partial charge in [-0.3, -0.25) is 5.10 Å². The minimum atomic E-state index is 0.525. The summed E-state index contributed by atoms with van der Waals surface area (Å²) >= 11 is 5.41. The van der Waals surface area contributed by atoms with Crippen LogP contribution in [0.15, 0.2) is 0 Å². The van der Waals surface area contributed by atoms with Crippen LogP contribution in [0.1, 0.15) is 69.7 Å². The molecule has 2 aliphatic carbocycles. The molecule has 0 bridgehead atoms. The van der Waals surface area contributed by atoms with Gasteiger partial charge in [-0.1, -0.05) is 19.3 Å². The number of nitrogens with zero attached hydrogens (tertiary/aromatic N) is 2. The maximum absolute atomic E-state index is 5.41. The van der Waals surface area contributed by atoms with Crippen LogP contribution in [0.2, 0.25) is 0 Å². The Morgan fingerprint density at radius 3 is 2.59 bits per heavy atom. The lowest BCUT2D eigenvalue weighted by Gasteiger charge is -2.29. The topological polar surface area (TPSA) is 33.6 Å². The maximum Gasteiger partial charge on any atom is 0.195 e. The van der Waals surface area contributed by atoms with Crippen molar-refractivity contribution < 1.29 is 0 Å². The van der Waals surface area contributed by atoms with Gasteiger partial charge in [0, 0.05) is 12.0 Å². The van der Waals surface area contributed by atoms with Crippen molar-refractivity contribution in [1.82, 2.24) is 14.8 Å². The van der Waals surface area contributed by atoms with E-state index in [1.165, 1.54) is 50.8 Å². The van der Waals surface area contributed by atoms with E-state index >= 15 is 0 Å². The molecule has 3 nitrogen and oxygen atoms in total. The van der Waals surface area contributed by atoms with Crippen molar-refractivity contribution in [2.45, 2.75) is 63.8 Å². The molecule has 0 saturated heterocycles. The molecule has 4 heteroatoms. The van der Waals surface area contributed by atoms with Crippen molar-refractivity contribution in [2.75, 3.05) is 0 Å². The summed E-state index contributed by atoms with van der Waals surface area (Å²) in [6, 6.07) is 0.525. The molecular weight excluding hydrogens is 230 g/mol. The first-order chi connectivity index (χ1) is 8.27. The van der Waals surface area contributed by atoms with Crippen LogP contribution in [-0.2, 0) is 0 Å². The summed E-state index contributed by atoms with van der Waals surface area (Å²) in [5, 5.41) is 7.43. The molecule has 1 unspecified atom stereocenters. The zero-order valence-electron chi connectivity index (χ0n) is 10.5. The van der Waals surface area contributed by atoms with Gasteiger partial charge < -0.3 is 4.57 Å². The summed E-state index contributed by atoms with van der Waals surface area (Å²) in [5.74, 6) is 2.69. The van der Waals surface area contributed by atoms with Crippen LogP contribution in [0.25, 0.3) is 0 Å². The summed E-state index contributed by atoms with van der Waals surface area (Å²) in [5.41, 5.74) is 0. The van der Waals surface area contributed by atoms with Crippen LogP contribution >= 0.6 is 12.2 Å². The van der Waals surface area contributed by atoms with Crippen LogP contribution in [0.5, 0.6) is 0 Å². The number of aromatic nitrogens is 3. The van der Waals surface area contributed by atoms with Crippen molar-refractivity contribution in [3.63, 3.8) is 0 Å². The third-order valence-corrected chi connectivity index (χ3v) is 4.70. The Bertz CT molecular complexity index is 438. The fourth-order valence-corrected chi connectivity index (χ4v) is 3.47. The fourth-order valence-electron chi connectivity index (χ4n) is 3.17. The molecule has 1 atom stereocenters. The third-order valence-electron chi connectivity index (χ3n) is 4.41. The Morgan fingerprint density at radius 2 is 1.94 bits per heavy atom. The molecule has 3 rings (SSSR count). The summed E-state index contributed by atoms with van der Waals surface area (Å²) in [6.45, 7) is 2.33. The number of hydrogen-bond donors (Lipinski definition) is 1. The van der Waals surface area contributed by atoms with Gasteiger partial charge in [-0.05, 0) is 50.7 Å².